The quantitative estimate of drug-likeness (QED) is 0.388. The Balaban J connectivity index is 2.15. The van der Waals surface area contributed by atoms with Crippen molar-refractivity contribution in [2.24, 2.45) is 0 Å². The molecule has 2 aromatic rings. The standard InChI is InChI=1S/C17H16BrN3O5S/c1-3-26-14-7-4-10(18)8-12(14)16(22)20-17(27)19-13-6-5-11(21(23)24)9-15(13)25-2/h4-9H,3H2,1-2H3,(H2,19,20,22,27). The fourth-order valence-corrected chi connectivity index (χ4v) is 2.75. The number of anilines is 1. The number of amides is 1. The molecule has 27 heavy (non-hydrogen) atoms. The maximum absolute atomic E-state index is 12.5. The number of nitrogens with zero attached hydrogens (tertiary/aromatic N) is 1. The van der Waals surface area contributed by atoms with E-state index in [1.165, 1.54) is 25.3 Å². The van der Waals surface area contributed by atoms with Gasteiger partial charge in [0.1, 0.15) is 11.5 Å². The van der Waals surface area contributed by atoms with E-state index in [0.717, 1.165) is 0 Å². The van der Waals surface area contributed by atoms with E-state index in [4.69, 9.17) is 21.7 Å². The van der Waals surface area contributed by atoms with Crippen LogP contribution >= 0.6 is 28.1 Å². The van der Waals surface area contributed by atoms with Gasteiger partial charge in [-0.1, -0.05) is 15.9 Å². The van der Waals surface area contributed by atoms with Gasteiger partial charge in [0, 0.05) is 10.5 Å². The third-order valence-electron chi connectivity index (χ3n) is 3.36. The highest BCUT2D eigenvalue weighted by Crippen LogP contribution is 2.29. The molecule has 142 valence electrons. The van der Waals surface area contributed by atoms with Crippen LogP contribution in [0.1, 0.15) is 17.3 Å². The van der Waals surface area contributed by atoms with Crippen molar-refractivity contribution in [3.8, 4) is 11.5 Å². The minimum atomic E-state index is -0.533. The second-order valence-corrected chi connectivity index (χ2v) is 6.45. The van der Waals surface area contributed by atoms with Crippen molar-refractivity contribution < 1.29 is 19.2 Å². The highest BCUT2D eigenvalue weighted by molar-refractivity contribution is 9.10. The zero-order valence-corrected chi connectivity index (χ0v) is 16.8. The van der Waals surface area contributed by atoms with E-state index in [-0.39, 0.29) is 16.5 Å². The van der Waals surface area contributed by atoms with E-state index >= 15 is 0 Å². The summed E-state index contributed by atoms with van der Waals surface area (Å²) in [5, 5.41) is 16.2. The molecule has 0 aromatic heterocycles. The first kappa shape index (κ1) is 20.6. The number of methoxy groups -OCH3 is 1. The van der Waals surface area contributed by atoms with Gasteiger partial charge in [0.15, 0.2) is 5.11 Å². The molecule has 0 aliphatic carbocycles. The normalized spacial score (nSPS) is 10.0. The number of ether oxygens (including phenoxy) is 2. The minimum Gasteiger partial charge on any atom is -0.494 e. The molecule has 0 atom stereocenters. The van der Waals surface area contributed by atoms with Gasteiger partial charge in [-0.2, -0.15) is 0 Å². The maximum atomic E-state index is 12.5. The molecule has 1 amide bonds. The van der Waals surface area contributed by atoms with E-state index in [9.17, 15) is 14.9 Å². The van der Waals surface area contributed by atoms with Crippen LogP contribution in [0.25, 0.3) is 0 Å². The summed E-state index contributed by atoms with van der Waals surface area (Å²) in [6.45, 7) is 2.22. The molecule has 0 aliphatic rings. The van der Waals surface area contributed by atoms with E-state index < -0.39 is 10.8 Å². The number of carbonyl (C=O) groups is 1. The smallest absolute Gasteiger partial charge is 0.273 e. The van der Waals surface area contributed by atoms with Crippen LogP contribution in [0.3, 0.4) is 0 Å². The Morgan fingerprint density at radius 3 is 2.63 bits per heavy atom. The molecule has 2 rings (SSSR count). The Morgan fingerprint density at radius 2 is 2.00 bits per heavy atom. The first-order valence-electron chi connectivity index (χ1n) is 7.72. The summed E-state index contributed by atoms with van der Waals surface area (Å²) < 4.78 is 11.3. The monoisotopic (exact) mass is 453 g/mol. The van der Waals surface area contributed by atoms with Crippen molar-refractivity contribution in [1.29, 1.82) is 0 Å². The number of benzene rings is 2. The lowest BCUT2D eigenvalue weighted by atomic mass is 10.2. The molecular weight excluding hydrogens is 438 g/mol. The number of rotatable bonds is 6. The largest absolute Gasteiger partial charge is 0.494 e. The van der Waals surface area contributed by atoms with E-state index in [2.05, 4.69) is 26.6 Å². The Bertz CT molecular complexity index is 891. The first-order valence-corrected chi connectivity index (χ1v) is 8.93. The number of halogens is 1. The van der Waals surface area contributed by atoms with Crippen molar-refractivity contribution in [3.63, 3.8) is 0 Å². The topological polar surface area (TPSA) is 103 Å². The Morgan fingerprint density at radius 1 is 1.26 bits per heavy atom. The molecule has 0 spiro atoms. The fraction of sp³-hybridized carbons (Fsp3) is 0.176. The number of non-ortho nitro benzene ring substituents is 1. The number of nitrogens with one attached hydrogen (secondary N) is 2. The van der Waals surface area contributed by atoms with Gasteiger partial charge in [-0.05, 0) is 43.4 Å². The average molecular weight is 454 g/mol. The van der Waals surface area contributed by atoms with Crippen LogP contribution in [0, 0.1) is 10.1 Å². The molecule has 0 bridgehead atoms. The second-order valence-electron chi connectivity index (χ2n) is 5.12. The molecule has 2 N–H and O–H groups in total. The summed E-state index contributed by atoms with van der Waals surface area (Å²) in [4.78, 5) is 22.8. The van der Waals surface area contributed by atoms with Crippen LogP contribution in [0.15, 0.2) is 40.9 Å². The van der Waals surface area contributed by atoms with Gasteiger partial charge < -0.3 is 14.8 Å². The summed E-state index contributed by atoms with van der Waals surface area (Å²) in [5.41, 5.74) is 0.571. The van der Waals surface area contributed by atoms with Gasteiger partial charge >= 0.3 is 0 Å². The molecular formula is C17H16BrN3O5S. The number of nitro benzene ring substituents is 1. The molecule has 0 fully saturated rings. The highest BCUT2D eigenvalue weighted by Gasteiger charge is 2.16. The lowest BCUT2D eigenvalue weighted by molar-refractivity contribution is -0.384. The summed E-state index contributed by atoms with van der Waals surface area (Å²) >= 11 is 8.48. The molecule has 10 heteroatoms. The van der Waals surface area contributed by atoms with Gasteiger partial charge in [0.2, 0.25) is 0 Å². The number of carbonyl (C=O) groups excluding carboxylic acids is 1. The van der Waals surface area contributed by atoms with Crippen LogP contribution in [0.5, 0.6) is 11.5 Å². The van der Waals surface area contributed by atoms with Gasteiger partial charge in [0.25, 0.3) is 11.6 Å². The SMILES string of the molecule is CCOc1ccc(Br)cc1C(=O)NC(=S)Nc1ccc([N+](=O)[O-])cc1OC. The Labute approximate surface area is 169 Å². The molecule has 0 saturated carbocycles. The summed E-state index contributed by atoms with van der Waals surface area (Å²) in [6, 6.07) is 9.07. The van der Waals surface area contributed by atoms with Crippen molar-refractivity contribution in [2.75, 3.05) is 19.0 Å². The second kappa shape index (κ2) is 9.28. The maximum Gasteiger partial charge on any atom is 0.273 e. The van der Waals surface area contributed by atoms with E-state index in [0.29, 0.717) is 28.1 Å². The highest BCUT2D eigenvalue weighted by atomic mass is 79.9. The first-order chi connectivity index (χ1) is 12.8. The third-order valence-corrected chi connectivity index (χ3v) is 4.05. The van der Waals surface area contributed by atoms with Crippen molar-refractivity contribution in [3.05, 3.63) is 56.5 Å². The number of hydrogen-bond donors (Lipinski definition) is 2. The summed E-state index contributed by atoms with van der Waals surface area (Å²) in [6.07, 6.45) is 0. The van der Waals surface area contributed by atoms with Crippen LogP contribution in [-0.2, 0) is 0 Å². The third kappa shape index (κ3) is 5.38. The fourth-order valence-electron chi connectivity index (χ4n) is 2.18. The summed E-state index contributed by atoms with van der Waals surface area (Å²) in [5.74, 6) is 0.185. The van der Waals surface area contributed by atoms with Gasteiger partial charge in [0.05, 0.1) is 36.0 Å². The predicted octanol–water partition coefficient (Wildman–Crippen LogP) is 3.89. The molecule has 8 nitrogen and oxygen atoms in total. The summed E-state index contributed by atoms with van der Waals surface area (Å²) in [7, 11) is 1.38. The Kier molecular flexibility index (Phi) is 7.08. The van der Waals surface area contributed by atoms with Crippen LogP contribution in [0.2, 0.25) is 0 Å². The van der Waals surface area contributed by atoms with Gasteiger partial charge in [-0.25, -0.2) is 0 Å². The lowest BCUT2D eigenvalue weighted by Crippen LogP contribution is -2.34. The minimum absolute atomic E-state index is 0.00887. The number of nitro groups is 1. The van der Waals surface area contributed by atoms with Crippen molar-refractivity contribution in [2.45, 2.75) is 6.92 Å². The number of thiocarbonyl (C=S) groups is 1. The average Bonchev–Trinajstić information content (AvgIpc) is 2.63. The van der Waals surface area contributed by atoms with Crippen LogP contribution in [-0.4, -0.2) is 29.7 Å². The van der Waals surface area contributed by atoms with Crippen molar-refractivity contribution in [1.82, 2.24) is 5.32 Å². The molecule has 0 radical (unpaired) electrons. The van der Waals surface area contributed by atoms with Gasteiger partial charge in [-0.15, -0.1) is 0 Å². The van der Waals surface area contributed by atoms with Crippen LogP contribution in [0.4, 0.5) is 11.4 Å². The zero-order chi connectivity index (χ0) is 20.0. The molecule has 0 unspecified atom stereocenters. The lowest BCUT2D eigenvalue weighted by Gasteiger charge is -2.14. The van der Waals surface area contributed by atoms with Crippen LogP contribution < -0.4 is 20.1 Å². The number of hydrogen-bond acceptors (Lipinski definition) is 6. The van der Waals surface area contributed by atoms with Crippen molar-refractivity contribution >= 4 is 50.5 Å². The molecule has 0 aliphatic heterocycles. The molecule has 2 aromatic carbocycles. The van der Waals surface area contributed by atoms with E-state index in [1.807, 2.05) is 6.92 Å². The zero-order valence-electron chi connectivity index (χ0n) is 14.4. The van der Waals surface area contributed by atoms with Gasteiger partial charge in [-0.3, -0.25) is 20.2 Å². The predicted molar refractivity (Wildman–Crippen MR) is 109 cm³/mol. The van der Waals surface area contributed by atoms with E-state index in [1.54, 1.807) is 18.2 Å². The molecule has 0 heterocycles. The Hall–Kier alpha value is -2.72. The molecule has 0 saturated heterocycles.